The Balaban J connectivity index is 3.40. The standard InChI is InChI=1S/C9H16O2S/c1-8(9(10)11)6-4-2-3-5-7-12/h6,12H,2-5,7H2,1H3,(H,10,11). The molecule has 0 aromatic carbocycles. The van der Waals surface area contributed by atoms with Crippen molar-refractivity contribution >= 4 is 18.6 Å². The summed E-state index contributed by atoms with van der Waals surface area (Å²) in [4.78, 5) is 10.3. The topological polar surface area (TPSA) is 37.3 Å². The maximum absolute atomic E-state index is 10.3. The lowest BCUT2D eigenvalue weighted by molar-refractivity contribution is -0.132. The number of unbranched alkanes of at least 4 members (excludes halogenated alkanes) is 3. The number of thiol groups is 1. The number of hydrogen-bond donors (Lipinski definition) is 2. The van der Waals surface area contributed by atoms with Gasteiger partial charge >= 0.3 is 5.97 Å². The molecule has 0 spiro atoms. The van der Waals surface area contributed by atoms with Crippen molar-refractivity contribution in [2.45, 2.75) is 32.6 Å². The maximum Gasteiger partial charge on any atom is 0.330 e. The molecular weight excluding hydrogens is 172 g/mol. The van der Waals surface area contributed by atoms with Gasteiger partial charge in [-0.05, 0) is 31.9 Å². The average molecular weight is 188 g/mol. The average Bonchev–Trinajstić information content (AvgIpc) is 2.03. The number of rotatable bonds is 6. The van der Waals surface area contributed by atoms with Gasteiger partial charge in [0.1, 0.15) is 0 Å². The van der Waals surface area contributed by atoms with E-state index in [0.717, 1.165) is 31.4 Å². The molecule has 0 saturated heterocycles. The lowest BCUT2D eigenvalue weighted by Gasteiger charge is -1.95. The zero-order valence-corrected chi connectivity index (χ0v) is 8.31. The largest absolute Gasteiger partial charge is 0.478 e. The van der Waals surface area contributed by atoms with E-state index in [1.165, 1.54) is 0 Å². The third-order valence-electron chi connectivity index (χ3n) is 1.65. The van der Waals surface area contributed by atoms with Crippen LogP contribution in [0.2, 0.25) is 0 Å². The monoisotopic (exact) mass is 188 g/mol. The highest BCUT2D eigenvalue weighted by molar-refractivity contribution is 7.80. The van der Waals surface area contributed by atoms with Crippen molar-refractivity contribution in [2.24, 2.45) is 0 Å². The number of hydrogen-bond acceptors (Lipinski definition) is 2. The fourth-order valence-electron chi connectivity index (χ4n) is 0.839. The summed E-state index contributed by atoms with van der Waals surface area (Å²) >= 11 is 4.09. The maximum atomic E-state index is 10.3. The molecule has 0 unspecified atom stereocenters. The quantitative estimate of drug-likeness (QED) is 0.382. The van der Waals surface area contributed by atoms with Crippen molar-refractivity contribution in [2.75, 3.05) is 5.75 Å². The van der Waals surface area contributed by atoms with Crippen molar-refractivity contribution in [1.29, 1.82) is 0 Å². The summed E-state index contributed by atoms with van der Waals surface area (Å²) in [5, 5.41) is 8.50. The molecule has 2 nitrogen and oxygen atoms in total. The van der Waals surface area contributed by atoms with Crippen LogP contribution < -0.4 is 0 Å². The summed E-state index contributed by atoms with van der Waals surface area (Å²) in [5.41, 5.74) is 0.445. The third kappa shape index (κ3) is 6.28. The Labute approximate surface area is 79.1 Å². The predicted octanol–water partition coefficient (Wildman–Crippen LogP) is 2.51. The van der Waals surface area contributed by atoms with Gasteiger partial charge in [-0.2, -0.15) is 12.6 Å². The van der Waals surface area contributed by atoms with E-state index in [9.17, 15) is 4.79 Å². The number of carbonyl (C=O) groups is 1. The van der Waals surface area contributed by atoms with Crippen LogP contribution in [-0.4, -0.2) is 16.8 Å². The SMILES string of the molecule is CC(=CCCCCCS)C(=O)O. The van der Waals surface area contributed by atoms with Gasteiger partial charge in [-0.3, -0.25) is 0 Å². The van der Waals surface area contributed by atoms with E-state index < -0.39 is 5.97 Å². The van der Waals surface area contributed by atoms with Crippen molar-refractivity contribution in [3.05, 3.63) is 11.6 Å². The first kappa shape index (κ1) is 11.6. The molecule has 0 aromatic rings. The molecule has 70 valence electrons. The van der Waals surface area contributed by atoms with Gasteiger partial charge in [-0.25, -0.2) is 4.79 Å². The molecule has 0 aliphatic heterocycles. The van der Waals surface area contributed by atoms with Gasteiger partial charge < -0.3 is 5.11 Å². The Bertz CT molecular complexity index is 164. The van der Waals surface area contributed by atoms with Crippen LogP contribution in [0.25, 0.3) is 0 Å². The van der Waals surface area contributed by atoms with Crippen LogP contribution in [-0.2, 0) is 4.79 Å². The minimum absolute atomic E-state index is 0.445. The molecule has 12 heavy (non-hydrogen) atoms. The van der Waals surface area contributed by atoms with Crippen molar-refractivity contribution in [1.82, 2.24) is 0 Å². The molecule has 0 heterocycles. The second kappa shape index (κ2) is 7.22. The summed E-state index contributed by atoms with van der Waals surface area (Å²) in [6.07, 6.45) is 5.95. The Morgan fingerprint density at radius 3 is 2.58 bits per heavy atom. The highest BCUT2D eigenvalue weighted by atomic mass is 32.1. The second-order valence-corrected chi connectivity index (χ2v) is 3.21. The lowest BCUT2D eigenvalue weighted by Crippen LogP contribution is -1.95. The molecular formula is C9H16O2S. The zero-order chi connectivity index (χ0) is 9.40. The molecule has 0 amide bonds. The molecule has 0 aliphatic carbocycles. The molecule has 0 rings (SSSR count). The van der Waals surface area contributed by atoms with Crippen LogP contribution in [0.5, 0.6) is 0 Å². The number of aliphatic carboxylic acids is 1. The minimum atomic E-state index is -0.816. The van der Waals surface area contributed by atoms with E-state index in [1.54, 1.807) is 13.0 Å². The van der Waals surface area contributed by atoms with Gasteiger partial charge in [-0.15, -0.1) is 0 Å². The normalized spacial score (nSPS) is 11.7. The van der Waals surface area contributed by atoms with Crippen LogP contribution >= 0.6 is 12.6 Å². The Hall–Kier alpha value is -0.440. The van der Waals surface area contributed by atoms with Crippen molar-refractivity contribution in [3.63, 3.8) is 0 Å². The van der Waals surface area contributed by atoms with E-state index >= 15 is 0 Å². The predicted molar refractivity (Wildman–Crippen MR) is 53.7 cm³/mol. The van der Waals surface area contributed by atoms with Crippen LogP contribution in [0, 0.1) is 0 Å². The van der Waals surface area contributed by atoms with E-state index in [1.807, 2.05) is 0 Å². The highest BCUT2D eigenvalue weighted by Crippen LogP contribution is 2.04. The lowest BCUT2D eigenvalue weighted by atomic mass is 10.1. The first-order valence-corrected chi connectivity index (χ1v) is 4.82. The van der Waals surface area contributed by atoms with E-state index in [-0.39, 0.29) is 0 Å². The molecule has 0 bridgehead atoms. The molecule has 0 aliphatic rings. The summed E-state index contributed by atoms with van der Waals surface area (Å²) in [6, 6.07) is 0. The van der Waals surface area contributed by atoms with Gasteiger partial charge in [0.25, 0.3) is 0 Å². The second-order valence-electron chi connectivity index (χ2n) is 2.77. The Morgan fingerprint density at radius 1 is 1.42 bits per heavy atom. The van der Waals surface area contributed by atoms with Gasteiger partial charge in [-0.1, -0.05) is 12.5 Å². The Kier molecular flexibility index (Phi) is 6.96. The van der Waals surface area contributed by atoms with Gasteiger partial charge in [0.05, 0.1) is 0 Å². The number of allylic oxidation sites excluding steroid dienone is 1. The van der Waals surface area contributed by atoms with Gasteiger partial charge in [0, 0.05) is 5.57 Å². The summed E-state index contributed by atoms with van der Waals surface area (Å²) in [5.74, 6) is 0.103. The van der Waals surface area contributed by atoms with E-state index in [4.69, 9.17) is 5.11 Å². The molecule has 0 saturated carbocycles. The number of carboxylic acids is 1. The van der Waals surface area contributed by atoms with Crippen LogP contribution in [0.15, 0.2) is 11.6 Å². The van der Waals surface area contributed by atoms with E-state index in [2.05, 4.69) is 12.6 Å². The van der Waals surface area contributed by atoms with Crippen molar-refractivity contribution in [3.8, 4) is 0 Å². The molecule has 0 radical (unpaired) electrons. The smallest absolute Gasteiger partial charge is 0.330 e. The zero-order valence-electron chi connectivity index (χ0n) is 7.42. The highest BCUT2D eigenvalue weighted by Gasteiger charge is 1.97. The van der Waals surface area contributed by atoms with Crippen molar-refractivity contribution < 1.29 is 9.90 Å². The number of carboxylic acid groups (broad SMARTS) is 1. The minimum Gasteiger partial charge on any atom is -0.478 e. The Morgan fingerprint density at radius 2 is 2.08 bits per heavy atom. The molecule has 1 N–H and O–H groups in total. The van der Waals surface area contributed by atoms with Gasteiger partial charge in [0.15, 0.2) is 0 Å². The summed E-state index contributed by atoms with van der Waals surface area (Å²) < 4.78 is 0. The van der Waals surface area contributed by atoms with E-state index in [0.29, 0.717) is 5.57 Å². The molecule has 3 heteroatoms. The first-order valence-electron chi connectivity index (χ1n) is 4.19. The van der Waals surface area contributed by atoms with Gasteiger partial charge in [0.2, 0.25) is 0 Å². The third-order valence-corrected chi connectivity index (χ3v) is 1.97. The molecule has 0 aromatic heterocycles. The van der Waals surface area contributed by atoms with Crippen LogP contribution in [0.4, 0.5) is 0 Å². The molecule has 0 fully saturated rings. The summed E-state index contributed by atoms with van der Waals surface area (Å²) in [6.45, 7) is 1.63. The fourth-order valence-corrected chi connectivity index (χ4v) is 1.06. The van der Waals surface area contributed by atoms with Crippen LogP contribution in [0.1, 0.15) is 32.6 Å². The fraction of sp³-hybridized carbons (Fsp3) is 0.667. The summed E-state index contributed by atoms with van der Waals surface area (Å²) in [7, 11) is 0. The first-order chi connectivity index (χ1) is 5.68. The van der Waals surface area contributed by atoms with Crippen LogP contribution in [0.3, 0.4) is 0 Å². The molecule has 0 atom stereocenters.